The zero-order chi connectivity index (χ0) is 19.9. The summed E-state index contributed by atoms with van der Waals surface area (Å²) in [5, 5.41) is 11.7. The van der Waals surface area contributed by atoms with Crippen LogP contribution in [0.1, 0.15) is 11.3 Å². The Morgan fingerprint density at radius 1 is 1.33 bits per heavy atom. The van der Waals surface area contributed by atoms with Crippen LogP contribution in [-0.2, 0) is 6.54 Å². The first-order chi connectivity index (χ1) is 12.7. The Balaban J connectivity index is 1.77. The summed E-state index contributed by atoms with van der Waals surface area (Å²) in [6.45, 7) is -0.107. The van der Waals surface area contributed by atoms with Gasteiger partial charge < -0.3 is 15.2 Å². The van der Waals surface area contributed by atoms with E-state index in [1.54, 1.807) is 18.3 Å². The Morgan fingerprint density at radius 2 is 2.04 bits per heavy atom. The molecule has 0 saturated carbocycles. The van der Waals surface area contributed by atoms with Crippen molar-refractivity contribution in [3.63, 3.8) is 0 Å². The van der Waals surface area contributed by atoms with Gasteiger partial charge in [0, 0.05) is 23.2 Å². The van der Waals surface area contributed by atoms with Crippen molar-refractivity contribution in [1.29, 1.82) is 0 Å². The molecule has 1 aromatic heterocycles. The zero-order valence-electron chi connectivity index (χ0n) is 14.6. The Morgan fingerprint density at radius 3 is 2.67 bits per heavy atom. The third-order valence-corrected chi connectivity index (χ3v) is 4.52. The zero-order valence-corrected chi connectivity index (χ0v) is 15.4. The molecule has 2 rings (SSSR count). The number of amides is 1. The average Bonchev–Trinajstić information content (AvgIpc) is 3.05. The first-order valence-electron chi connectivity index (χ1n) is 8.13. The molecule has 27 heavy (non-hydrogen) atoms. The summed E-state index contributed by atoms with van der Waals surface area (Å²) >= 11 is 1.39. The van der Waals surface area contributed by atoms with E-state index in [0.29, 0.717) is 25.3 Å². The van der Waals surface area contributed by atoms with E-state index in [0.717, 1.165) is 15.4 Å². The largest absolute Gasteiger partial charge is 0.494 e. The lowest BCUT2D eigenvalue weighted by molar-refractivity contribution is -0.143. The predicted molar refractivity (Wildman–Crippen MR) is 96.1 cm³/mol. The highest BCUT2D eigenvalue weighted by molar-refractivity contribution is 7.15. The summed E-state index contributed by atoms with van der Waals surface area (Å²) in [6.07, 6.45) is -3.17. The number of hydrogen-bond acceptors (Lipinski definition) is 5. The first-order valence-corrected chi connectivity index (χ1v) is 8.94. The van der Waals surface area contributed by atoms with Gasteiger partial charge in [-0.15, -0.1) is 11.3 Å². The fourth-order valence-corrected chi connectivity index (χ4v) is 3.15. The summed E-state index contributed by atoms with van der Waals surface area (Å²) < 4.78 is 42.2. The highest BCUT2D eigenvalue weighted by Gasteiger charge is 2.28. The molecule has 1 aromatic carbocycles. The number of nitrogens with one attached hydrogen (secondary N) is 1. The van der Waals surface area contributed by atoms with E-state index in [1.807, 2.05) is 12.1 Å². The maximum atomic E-state index is 12.2. The van der Waals surface area contributed by atoms with Gasteiger partial charge in [0.25, 0.3) is 0 Å². The van der Waals surface area contributed by atoms with Gasteiger partial charge in [0.05, 0.1) is 19.7 Å². The topological polar surface area (TPSA) is 74.7 Å². The van der Waals surface area contributed by atoms with Crippen LogP contribution in [0.2, 0.25) is 0 Å². The van der Waals surface area contributed by atoms with E-state index in [1.165, 1.54) is 23.3 Å². The van der Waals surface area contributed by atoms with Crippen molar-refractivity contribution >= 4 is 17.4 Å². The molecule has 1 heterocycles. The molecule has 148 valence electrons. The number of carboxylic acid groups (broad SMARTS) is 1. The molecule has 0 unspecified atom stereocenters. The van der Waals surface area contributed by atoms with Crippen LogP contribution < -0.4 is 10.1 Å². The predicted octanol–water partition coefficient (Wildman–Crippen LogP) is 3.84. The van der Waals surface area contributed by atoms with Crippen LogP contribution in [0.3, 0.4) is 0 Å². The minimum absolute atomic E-state index is 0.205. The van der Waals surface area contributed by atoms with E-state index in [-0.39, 0.29) is 6.54 Å². The molecule has 0 saturated heterocycles. The molecule has 2 N–H and O–H groups in total. The van der Waals surface area contributed by atoms with Crippen molar-refractivity contribution < 1.29 is 27.8 Å². The third kappa shape index (κ3) is 7.83. The van der Waals surface area contributed by atoms with Crippen molar-refractivity contribution in [1.82, 2.24) is 15.2 Å². The standard InChI is InChI=1S/C17H20F3N3O3S/c1-23(11-17(18,19)20)7-2-8-26-13-5-3-12(4-6-13)15-21-9-14(27-15)10-22-16(24)25/h3-6,9,22H,2,7-8,10-11H2,1H3,(H,24,25). The number of carbonyl (C=O) groups is 1. The monoisotopic (exact) mass is 403 g/mol. The maximum absolute atomic E-state index is 12.2. The normalized spacial score (nSPS) is 11.6. The fourth-order valence-electron chi connectivity index (χ4n) is 2.29. The molecule has 6 nitrogen and oxygen atoms in total. The molecule has 0 aliphatic carbocycles. The second-order valence-electron chi connectivity index (χ2n) is 5.87. The van der Waals surface area contributed by atoms with Crippen LogP contribution in [0.4, 0.5) is 18.0 Å². The van der Waals surface area contributed by atoms with E-state index in [4.69, 9.17) is 9.84 Å². The number of alkyl halides is 3. The second kappa shape index (κ2) is 9.56. The number of benzene rings is 1. The lowest BCUT2D eigenvalue weighted by Crippen LogP contribution is -2.32. The van der Waals surface area contributed by atoms with Gasteiger partial charge in [-0.1, -0.05) is 0 Å². The number of aromatic nitrogens is 1. The lowest BCUT2D eigenvalue weighted by atomic mass is 10.2. The van der Waals surface area contributed by atoms with E-state index >= 15 is 0 Å². The van der Waals surface area contributed by atoms with Gasteiger partial charge in [0.2, 0.25) is 0 Å². The van der Waals surface area contributed by atoms with Crippen molar-refractivity contribution in [2.75, 3.05) is 26.7 Å². The smallest absolute Gasteiger partial charge is 0.404 e. The van der Waals surface area contributed by atoms with Crippen LogP contribution in [0.15, 0.2) is 30.5 Å². The lowest BCUT2D eigenvalue weighted by Gasteiger charge is -2.18. The van der Waals surface area contributed by atoms with E-state index in [9.17, 15) is 18.0 Å². The molecular weight excluding hydrogens is 383 g/mol. The first kappa shape index (κ1) is 21.0. The van der Waals surface area contributed by atoms with Gasteiger partial charge in [0.1, 0.15) is 10.8 Å². The highest BCUT2D eigenvalue weighted by atomic mass is 32.1. The SMILES string of the molecule is CN(CCCOc1ccc(-c2ncc(CNC(=O)O)s2)cc1)CC(F)(F)F. The Hall–Kier alpha value is -2.33. The number of nitrogens with zero attached hydrogens (tertiary/aromatic N) is 2. The maximum Gasteiger partial charge on any atom is 0.404 e. The van der Waals surface area contributed by atoms with Gasteiger partial charge in [-0.3, -0.25) is 4.90 Å². The van der Waals surface area contributed by atoms with Gasteiger partial charge in [0.15, 0.2) is 0 Å². The van der Waals surface area contributed by atoms with Crippen molar-refractivity contribution in [3.8, 4) is 16.3 Å². The molecule has 0 aliphatic heterocycles. The minimum atomic E-state index is -4.19. The van der Waals surface area contributed by atoms with Gasteiger partial charge >= 0.3 is 12.3 Å². The summed E-state index contributed by atoms with van der Waals surface area (Å²) in [5.41, 5.74) is 0.874. The van der Waals surface area contributed by atoms with E-state index < -0.39 is 18.8 Å². The van der Waals surface area contributed by atoms with Gasteiger partial charge in [-0.05, 0) is 37.7 Å². The average molecular weight is 403 g/mol. The molecule has 0 fully saturated rings. The van der Waals surface area contributed by atoms with Crippen LogP contribution in [0.5, 0.6) is 5.75 Å². The number of hydrogen-bond donors (Lipinski definition) is 2. The van der Waals surface area contributed by atoms with Crippen LogP contribution in [0, 0.1) is 0 Å². The fraction of sp³-hybridized carbons (Fsp3) is 0.412. The second-order valence-corrected chi connectivity index (χ2v) is 6.98. The van der Waals surface area contributed by atoms with E-state index in [2.05, 4.69) is 10.3 Å². The van der Waals surface area contributed by atoms with Crippen LogP contribution in [-0.4, -0.2) is 54.0 Å². The molecule has 0 spiro atoms. The molecule has 0 aliphatic rings. The molecule has 0 radical (unpaired) electrons. The molecule has 2 aromatic rings. The Labute approximate surface area is 158 Å². The van der Waals surface area contributed by atoms with Crippen molar-refractivity contribution in [2.24, 2.45) is 0 Å². The highest BCUT2D eigenvalue weighted by Crippen LogP contribution is 2.27. The number of halogens is 3. The number of ether oxygens (including phenoxy) is 1. The summed E-state index contributed by atoms with van der Waals surface area (Å²) in [6, 6.07) is 7.20. The van der Waals surface area contributed by atoms with Gasteiger partial charge in [-0.25, -0.2) is 9.78 Å². The molecule has 0 bridgehead atoms. The van der Waals surface area contributed by atoms with Crippen LogP contribution >= 0.6 is 11.3 Å². The Bertz CT molecular complexity index is 735. The minimum Gasteiger partial charge on any atom is -0.494 e. The molecule has 0 atom stereocenters. The van der Waals surface area contributed by atoms with Crippen molar-refractivity contribution in [3.05, 3.63) is 35.3 Å². The summed E-state index contributed by atoms with van der Waals surface area (Å²) in [4.78, 5) is 16.8. The Kier molecular flexibility index (Phi) is 7.43. The summed E-state index contributed by atoms with van der Waals surface area (Å²) in [7, 11) is 1.43. The molecular formula is C17H20F3N3O3S. The van der Waals surface area contributed by atoms with Crippen LogP contribution in [0.25, 0.3) is 10.6 Å². The third-order valence-electron chi connectivity index (χ3n) is 3.47. The summed E-state index contributed by atoms with van der Waals surface area (Å²) in [5.74, 6) is 0.626. The molecule has 10 heteroatoms. The quantitative estimate of drug-likeness (QED) is 0.623. The number of rotatable bonds is 9. The molecule has 1 amide bonds. The van der Waals surface area contributed by atoms with Gasteiger partial charge in [-0.2, -0.15) is 13.2 Å². The van der Waals surface area contributed by atoms with Crippen molar-refractivity contribution in [2.45, 2.75) is 19.1 Å². The number of thiazole rings is 1.